The van der Waals surface area contributed by atoms with Gasteiger partial charge in [0.1, 0.15) is 23.7 Å². The smallest absolute Gasteiger partial charge is 0.189 e. The van der Waals surface area contributed by atoms with Gasteiger partial charge >= 0.3 is 0 Å². The molecule has 0 bridgehead atoms. The van der Waals surface area contributed by atoms with Gasteiger partial charge in [-0.05, 0) is 82.7 Å². The Balaban J connectivity index is 1.42. The highest BCUT2D eigenvalue weighted by molar-refractivity contribution is 5.74. The highest BCUT2D eigenvalue weighted by Crippen LogP contribution is 2.55. The van der Waals surface area contributed by atoms with Crippen molar-refractivity contribution < 1.29 is 18.9 Å². The lowest BCUT2D eigenvalue weighted by molar-refractivity contribution is 0.0627. The van der Waals surface area contributed by atoms with Crippen LogP contribution in [0.5, 0.6) is 0 Å². The van der Waals surface area contributed by atoms with E-state index >= 15 is 0 Å². The Morgan fingerprint density at radius 1 is 0.724 bits per heavy atom. The summed E-state index contributed by atoms with van der Waals surface area (Å²) in [6.07, 6.45) is 13.1. The van der Waals surface area contributed by atoms with Crippen LogP contribution in [0.1, 0.15) is 27.7 Å². The molecule has 2 unspecified atom stereocenters. The van der Waals surface area contributed by atoms with Crippen molar-refractivity contribution in [2.45, 2.75) is 39.9 Å². The highest BCUT2D eigenvalue weighted by atomic mass is 16.7. The maximum absolute atomic E-state index is 5.75. The summed E-state index contributed by atoms with van der Waals surface area (Å²) in [5.41, 5.74) is 10.1. The number of ether oxygens (including phenoxy) is 4. The quantitative estimate of drug-likeness (QED) is 0.673. The lowest BCUT2D eigenvalue weighted by Crippen LogP contribution is -2.24. The predicted octanol–water partition coefficient (Wildman–Crippen LogP) is 4.92. The van der Waals surface area contributed by atoms with E-state index in [4.69, 9.17) is 18.9 Å². The maximum atomic E-state index is 5.75. The van der Waals surface area contributed by atoms with Gasteiger partial charge in [0.2, 0.25) is 0 Å². The van der Waals surface area contributed by atoms with Crippen molar-refractivity contribution in [2.24, 2.45) is 5.41 Å². The molecule has 2 saturated heterocycles. The largest absolute Gasteiger partial charge is 0.469 e. The molecule has 2 fully saturated rings. The molecule has 0 aromatic carbocycles. The normalized spacial score (nSPS) is 29.7. The van der Waals surface area contributed by atoms with E-state index in [0.717, 1.165) is 11.5 Å². The van der Waals surface area contributed by atoms with Crippen molar-refractivity contribution in [3.05, 3.63) is 92.6 Å². The second-order valence-corrected chi connectivity index (χ2v) is 8.89. The lowest BCUT2D eigenvalue weighted by Gasteiger charge is -2.35. The molecule has 2 atom stereocenters. The van der Waals surface area contributed by atoms with Crippen LogP contribution in [0.4, 0.5) is 0 Å². The first-order valence-electron chi connectivity index (χ1n) is 10.2. The first kappa shape index (κ1) is 17.3. The molecular weight excluding hydrogens is 364 g/mol. The molecule has 0 aromatic rings. The molecule has 0 N–H and O–H groups in total. The van der Waals surface area contributed by atoms with Gasteiger partial charge in [-0.15, -0.1) is 0 Å². The molecule has 4 heteroatoms. The van der Waals surface area contributed by atoms with Gasteiger partial charge < -0.3 is 18.9 Å². The maximum Gasteiger partial charge on any atom is 0.189 e. The zero-order valence-corrected chi connectivity index (χ0v) is 17.2. The van der Waals surface area contributed by atoms with Crippen molar-refractivity contribution in [3.8, 4) is 0 Å². The average molecular weight is 388 g/mol. The minimum atomic E-state index is -0.169. The van der Waals surface area contributed by atoms with E-state index in [-0.39, 0.29) is 17.6 Å². The molecular formula is C25H24O4. The number of hydrogen-bond acceptors (Lipinski definition) is 4. The second kappa shape index (κ2) is 5.74. The summed E-state index contributed by atoms with van der Waals surface area (Å²) in [6.45, 7) is 9.74. The van der Waals surface area contributed by atoms with Crippen molar-refractivity contribution in [3.63, 3.8) is 0 Å². The molecule has 6 rings (SSSR count). The summed E-state index contributed by atoms with van der Waals surface area (Å²) in [5.74, 6) is 1.83. The molecule has 148 valence electrons. The van der Waals surface area contributed by atoms with Crippen LogP contribution in [0.15, 0.2) is 92.6 Å². The van der Waals surface area contributed by atoms with Crippen LogP contribution in [0.2, 0.25) is 0 Å². The molecule has 0 amide bonds. The van der Waals surface area contributed by atoms with Crippen LogP contribution in [0.3, 0.4) is 0 Å². The summed E-state index contributed by atoms with van der Waals surface area (Å²) in [7, 11) is 0. The molecule has 0 aromatic heterocycles. The summed E-state index contributed by atoms with van der Waals surface area (Å²) in [6, 6.07) is 0. The number of fused-ring (bicyclic) bond motifs is 4. The Kier molecular flexibility index (Phi) is 3.43. The molecule has 6 aliphatic rings. The van der Waals surface area contributed by atoms with Gasteiger partial charge in [0.05, 0.1) is 0 Å². The zero-order chi connectivity index (χ0) is 19.9. The van der Waals surface area contributed by atoms with Gasteiger partial charge in [0, 0.05) is 5.41 Å². The molecule has 4 aliphatic carbocycles. The summed E-state index contributed by atoms with van der Waals surface area (Å²) >= 11 is 0. The number of rotatable bonds is 2. The standard InChI is InChI=1S/C25H24O4/c1-13-5-15-7-19-21(28-11-26-19)9-17(15)23(13)25(3,4)24-14(2)6-16-8-20-22(10-18(16)24)29-12-27-20/h5-10,21-22H,11-12H2,1-4H3. The van der Waals surface area contributed by atoms with E-state index in [1.807, 2.05) is 0 Å². The minimum Gasteiger partial charge on any atom is -0.469 e. The van der Waals surface area contributed by atoms with E-state index < -0.39 is 0 Å². The first-order chi connectivity index (χ1) is 13.9. The van der Waals surface area contributed by atoms with Gasteiger partial charge in [-0.25, -0.2) is 0 Å². The van der Waals surface area contributed by atoms with Crippen LogP contribution in [-0.4, -0.2) is 25.8 Å². The summed E-state index contributed by atoms with van der Waals surface area (Å²) < 4.78 is 22.8. The summed E-state index contributed by atoms with van der Waals surface area (Å²) in [4.78, 5) is 0. The monoisotopic (exact) mass is 388 g/mol. The Hall–Kier alpha value is -2.56. The van der Waals surface area contributed by atoms with E-state index in [1.165, 1.54) is 44.6 Å². The lowest BCUT2D eigenvalue weighted by atomic mass is 9.69. The molecule has 0 radical (unpaired) electrons. The Morgan fingerprint density at radius 3 is 1.62 bits per heavy atom. The van der Waals surface area contributed by atoms with E-state index in [2.05, 4.69) is 64.2 Å². The van der Waals surface area contributed by atoms with Crippen LogP contribution < -0.4 is 0 Å². The first-order valence-corrected chi connectivity index (χ1v) is 10.2. The third kappa shape index (κ3) is 2.33. The van der Waals surface area contributed by atoms with Gasteiger partial charge in [-0.3, -0.25) is 0 Å². The van der Waals surface area contributed by atoms with Crippen molar-refractivity contribution in [2.75, 3.05) is 13.6 Å². The van der Waals surface area contributed by atoms with Crippen LogP contribution >= 0.6 is 0 Å². The van der Waals surface area contributed by atoms with Crippen LogP contribution in [-0.2, 0) is 18.9 Å². The van der Waals surface area contributed by atoms with E-state index in [9.17, 15) is 0 Å². The Bertz CT molecular complexity index is 1010. The third-order valence-electron chi connectivity index (χ3n) is 6.68. The number of hydrogen-bond donors (Lipinski definition) is 0. The SMILES string of the molecule is CC1=C(C(C)(C)C2=C(C)C=C3C=C4OCOC4C=C32)C2=CC3OCOC3=CC2=C1. The van der Waals surface area contributed by atoms with E-state index in [0.29, 0.717) is 13.6 Å². The highest BCUT2D eigenvalue weighted by Gasteiger charge is 2.42. The van der Waals surface area contributed by atoms with Crippen LogP contribution in [0.25, 0.3) is 0 Å². The fourth-order valence-electron chi connectivity index (χ4n) is 5.66. The molecule has 2 aliphatic heterocycles. The molecule has 4 nitrogen and oxygen atoms in total. The van der Waals surface area contributed by atoms with Crippen molar-refractivity contribution in [1.29, 1.82) is 0 Å². The van der Waals surface area contributed by atoms with Gasteiger partial charge in [0.25, 0.3) is 0 Å². The zero-order valence-electron chi connectivity index (χ0n) is 17.2. The van der Waals surface area contributed by atoms with Gasteiger partial charge in [-0.1, -0.05) is 26.0 Å². The topological polar surface area (TPSA) is 36.9 Å². The Morgan fingerprint density at radius 2 is 1.17 bits per heavy atom. The van der Waals surface area contributed by atoms with Gasteiger partial charge in [-0.2, -0.15) is 0 Å². The molecule has 29 heavy (non-hydrogen) atoms. The summed E-state index contributed by atoms with van der Waals surface area (Å²) in [5, 5.41) is 0. The van der Waals surface area contributed by atoms with Crippen LogP contribution in [0, 0.1) is 5.41 Å². The number of allylic oxidation sites excluding steroid dienone is 12. The average Bonchev–Trinajstić information content (AvgIpc) is 3.40. The Labute approximate surface area is 170 Å². The van der Waals surface area contributed by atoms with Crippen molar-refractivity contribution >= 4 is 0 Å². The molecule has 2 heterocycles. The fourth-order valence-corrected chi connectivity index (χ4v) is 5.66. The molecule has 0 saturated carbocycles. The van der Waals surface area contributed by atoms with Crippen molar-refractivity contribution in [1.82, 2.24) is 0 Å². The molecule has 0 spiro atoms. The predicted molar refractivity (Wildman–Crippen MR) is 109 cm³/mol. The van der Waals surface area contributed by atoms with E-state index in [1.54, 1.807) is 0 Å². The minimum absolute atomic E-state index is 0.0744. The fraction of sp³-hybridized carbons (Fsp3) is 0.360. The second-order valence-electron chi connectivity index (χ2n) is 8.89. The van der Waals surface area contributed by atoms with Gasteiger partial charge in [0.15, 0.2) is 13.6 Å². The third-order valence-corrected chi connectivity index (χ3v) is 6.68.